The first kappa shape index (κ1) is 20.3. The second-order valence-corrected chi connectivity index (χ2v) is 5.86. The maximum atomic E-state index is 5.38. The van der Waals surface area contributed by atoms with E-state index in [4.69, 9.17) is 4.74 Å². The van der Waals surface area contributed by atoms with Crippen molar-refractivity contribution in [3.05, 3.63) is 29.8 Å². The number of hydrogen-bond acceptors (Lipinski definition) is 3. The van der Waals surface area contributed by atoms with Crippen LogP contribution in [-0.2, 0) is 6.54 Å². The van der Waals surface area contributed by atoms with Crippen LogP contribution in [0.3, 0.4) is 0 Å². The van der Waals surface area contributed by atoms with Gasteiger partial charge in [-0.05, 0) is 45.0 Å². The van der Waals surface area contributed by atoms with E-state index in [9.17, 15) is 0 Å². The highest BCUT2D eigenvalue weighted by molar-refractivity contribution is 5.79. The molecule has 5 heteroatoms. The van der Waals surface area contributed by atoms with Crippen molar-refractivity contribution in [1.29, 1.82) is 0 Å². The highest BCUT2D eigenvalue weighted by atomic mass is 16.5. The first-order chi connectivity index (χ1) is 11.7. The van der Waals surface area contributed by atoms with Crippen LogP contribution in [0.2, 0.25) is 0 Å². The van der Waals surface area contributed by atoms with Crippen LogP contribution in [0, 0.1) is 0 Å². The van der Waals surface area contributed by atoms with Crippen LogP contribution in [0.25, 0.3) is 0 Å². The first-order valence-corrected chi connectivity index (χ1v) is 9.03. The molecule has 0 aliphatic carbocycles. The lowest BCUT2D eigenvalue weighted by Crippen LogP contribution is -2.38. The van der Waals surface area contributed by atoms with E-state index in [1.165, 1.54) is 25.9 Å². The highest BCUT2D eigenvalue weighted by Crippen LogP contribution is 2.16. The summed E-state index contributed by atoms with van der Waals surface area (Å²) in [5.74, 6) is 1.73. The van der Waals surface area contributed by atoms with Gasteiger partial charge in [0.05, 0.1) is 7.11 Å². The van der Waals surface area contributed by atoms with Gasteiger partial charge in [-0.15, -0.1) is 0 Å². The minimum Gasteiger partial charge on any atom is -0.496 e. The summed E-state index contributed by atoms with van der Waals surface area (Å²) in [7, 11) is 3.50. The van der Waals surface area contributed by atoms with E-state index in [0.717, 1.165) is 36.8 Å². The van der Waals surface area contributed by atoms with E-state index >= 15 is 0 Å². The number of aliphatic imine (C=N–C) groups is 1. The lowest BCUT2D eigenvalue weighted by molar-refractivity contribution is 0.271. The van der Waals surface area contributed by atoms with Crippen molar-refractivity contribution in [2.45, 2.75) is 39.7 Å². The predicted octanol–water partition coefficient (Wildman–Crippen LogP) is 2.87. The summed E-state index contributed by atoms with van der Waals surface area (Å²) in [4.78, 5) is 6.82. The molecular weight excluding hydrogens is 300 g/mol. The molecule has 5 nitrogen and oxygen atoms in total. The maximum Gasteiger partial charge on any atom is 0.191 e. The van der Waals surface area contributed by atoms with Crippen LogP contribution in [-0.4, -0.2) is 51.2 Å². The highest BCUT2D eigenvalue weighted by Gasteiger charge is 2.04. The van der Waals surface area contributed by atoms with Crippen molar-refractivity contribution in [1.82, 2.24) is 15.5 Å². The van der Waals surface area contributed by atoms with E-state index in [0.29, 0.717) is 6.54 Å². The molecule has 0 saturated heterocycles. The predicted molar refractivity (Wildman–Crippen MR) is 103 cm³/mol. The van der Waals surface area contributed by atoms with Crippen molar-refractivity contribution >= 4 is 5.96 Å². The smallest absolute Gasteiger partial charge is 0.191 e. The first-order valence-electron chi connectivity index (χ1n) is 9.03. The van der Waals surface area contributed by atoms with E-state index in [2.05, 4.69) is 40.4 Å². The van der Waals surface area contributed by atoms with Crippen LogP contribution in [0.15, 0.2) is 29.3 Å². The van der Waals surface area contributed by atoms with E-state index in [-0.39, 0.29) is 0 Å². The molecule has 1 rings (SSSR count). The van der Waals surface area contributed by atoms with Crippen molar-refractivity contribution in [3.8, 4) is 5.75 Å². The fourth-order valence-electron chi connectivity index (χ4n) is 2.73. The van der Waals surface area contributed by atoms with Gasteiger partial charge in [0.1, 0.15) is 5.75 Å². The summed E-state index contributed by atoms with van der Waals surface area (Å²) in [5.41, 5.74) is 1.13. The molecule has 1 aromatic rings. The number of hydrogen-bond donors (Lipinski definition) is 2. The van der Waals surface area contributed by atoms with Gasteiger partial charge >= 0.3 is 0 Å². The molecule has 0 bridgehead atoms. The van der Waals surface area contributed by atoms with Gasteiger partial charge in [0.15, 0.2) is 5.96 Å². The van der Waals surface area contributed by atoms with Gasteiger partial charge in [-0.25, -0.2) is 0 Å². The SMILES string of the molecule is CCCN(CCC)CCCNC(=NC)NCc1ccccc1OC. The summed E-state index contributed by atoms with van der Waals surface area (Å²) in [6.07, 6.45) is 3.56. The zero-order chi connectivity index (χ0) is 17.6. The Bertz CT molecular complexity index is 470. The van der Waals surface area contributed by atoms with Crippen LogP contribution < -0.4 is 15.4 Å². The monoisotopic (exact) mass is 334 g/mol. The number of benzene rings is 1. The third-order valence-corrected chi connectivity index (χ3v) is 3.89. The molecule has 0 saturated carbocycles. The molecule has 0 fully saturated rings. The molecule has 0 aliphatic rings. The topological polar surface area (TPSA) is 48.9 Å². The average Bonchev–Trinajstić information content (AvgIpc) is 2.61. The number of guanidine groups is 1. The molecular formula is C19H34N4O. The number of para-hydroxylation sites is 1. The van der Waals surface area contributed by atoms with Gasteiger partial charge in [-0.2, -0.15) is 0 Å². The Morgan fingerprint density at radius 2 is 1.79 bits per heavy atom. The Kier molecular flexibility index (Phi) is 10.7. The molecule has 0 heterocycles. The lowest BCUT2D eigenvalue weighted by atomic mass is 10.2. The minimum atomic E-state index is 0.696. The Hall–Kier alpha value is -1.75. The summed E-state index contributed by atoms with van der Waals surface area (Å²) in [6, 6.07) is 8.04. The van der Waals surface area contributed by atoms with Gasteiger partial charge in [-0.1, -0.05) is 32.0 Å². The van der Waals surface area contributed by atoms with Crippen LogP contribution in [0.5, 0.6) is 5.75 Å². The number of ether oxygens (including phenoxy) is 1. The van der Waals surface area contributed by atoms with Gasteiger partial charge in [0.25, 0.3) is 0 Å². The molecule has 0 radical (unpaired) electrons. The third-order valence-electron chi connectivity index (χ3n) is 3.89. The number of rotatable bonds is 11. The third kappa shape index (κ3) is 7.68. The van der Waals surface area contributed by atoms with E-state index in [1.54, 1.807) is 14.2 Å². The number of methoxy groups -OCH3 is 1. The molecule has 0 spiro atoms. The van der Waals surface area contributed by atoms with Crippen molar-refractivity contribution < 1.29 is 4.74 Å². The van der Waals surface area contributed by atoms with Gasteiger partial charge < -0.3 is 20.3 Å². The molecule has 0 unspecified atom stereocenters. The molecule has 0 aliphatic heterocycles. The van der Waals surface area contributed by atoms with Crippen LogP contribution >= 0.6 is 0 Å². The molecule has 2 N–H and O–H groups in total. The zero-order valence-corrected chi connectivity index (χ0v) is 15.8. The fourth-order valence-corrected chi connectivity index (χ4v) is 2.73. The lowest BCUT2D eigenvalue weighted by Gasteiger charge is -2.21. The molecule has 1 aromatic carbocycles. The quantitative estimate of drug-likeness (QED) is 0.371. The fraction of sp³-hybridized carbons (Fsp3) is 0.632. The number of nitrogens with zero attached hydrogens (tertiary/aromatic N) is 2. The molecule has 0 aromatic heterocycles. The molecule has 0 amide bonds. The molecule has 0 atom stereocenters. The summed E-state index contributed by atoms with van der Waals surface area (Å²) < 4.78 is 5.38. The zero-order valence-electron chi connectivity index (χ0n) is 15.8. The molecule has 24 heavy (non-hydrogen) atoms. The largest absolute Gasteiger partial charge is 0.496 e. The molecule has 136 valence electrons. The Labute approximate surface area is 147 Å². The maximum absolute atomic E-state index is 5.38. The number of nitrogens with one attached hydrogen (secondary N) is 2. The Balaban J connectivity index is 2.32. The Morgan fingerprint density at radius 3 is 2.42 bits per heavy atom. The second-order valence-electron chi connectivity index (χ2n) is 5.86. The van der Waals surface area contributed by atoms with E-state index in [1.807, 2.05) is 18.2 Å². The Morgan fingerprint density at radius 1 is 1.08 bits per heavy atom. The normalized spacial score (nSPS) is 11.6. The van der Waals surface area contributed by atoms with E-state index < -0.39 is 0 Å². The van der Waals surface area contributed by atoms with Crippen molar-refractivity contribution in [2.75, 3.05) is 40.3 Å². The average molecular weight is 335 g/mol. The summed E-state index contributed by atoms with van der Waals surface area (Å²) in [6.45, 7) is 9.62. The standard InChI is InChI=1S/C19H34N4O/c1-5-13-23(14-6-2)15-9-12-21-19(20-3)22-16-17-10-7-8-11-18(17)24-4/h7-8,10-11H,5-6,9,12-16H2,1-4H3,(H2,20,21,22). The summed E-state index contributed by atoms with van der Waals surface area (Å²) in [5, 5.41) is 6.73. The second kappa shape index (κ2) is 12.6. The summed E-state index contributed by atoms with van der Waals surface area (Å²) >= 11 is 0. The minimum absolute atomic E-state index is 0.696. The van der Waals surface area contributed by atoms with Crippen molar-refractivity contribution in [3.63, 3.8) is 0 Å². The van der Waals surface area contributed by atoms with Crippen LogP contribution in [0.1, 0.15) is 38.7 Å². The van der Waals surface area contributed by atoms with Gasteiger partial charge in [-0.3, -0.25) is 4.99 Å². The van der Waals surface area contributed by atoms with Gasteiger partial charge in [0, 0.05) is 25.7 Å². The van der Waals surface area contributed by atoms with Crippen LogP contribution in [0.4, 0.5) is 0 Å². The van der Waals surface area contributed by atoms with Gasteiger partial charge in [0.2, 0.25) is 0 Å². The van der Waals surface area contributed by atoms with Crippen molar-refractivity contribution in [2.24, 2.45) is 4.99 Å².